The fourth-order valence-electron chi connectivity index (χ4n) is 6.03. The molecular formula is C29H41F2N5O. The average molecular weight is 523 g/mol. The standard InChI is InChI=1S/C29H41F2N5O/c1-19(2)27-34-33-20(3)36(27)25-17-23-9-10-24(18-25)35(23)16-13-26(21-7-5-4-6-8-21)32-28(37)22-11-14-29(30,31)15-12-22/h4-8,19,22-26H,9-18H2,1-3H3,(H,32,37)/i11D2,12D2,14D2,15D2,22D. The van der Waals surface area contributed by atoms with Crippen molar-refractivity contribution in [1.29, 1.82) is 0 Å². The van der Waals surface area contributed by atoms with Crippen LogP contribution in [0.4, 0.5) is 8.78 Å². The van der Waals surface area contributed by atoms with Crippen molar-refractivity contribution in [3.05, 3.63) is 47.5 Å². The monoisotopic (exact) mass is 522 g/mol. The van der Waals surface area contributed by atoms with Gasteiger partial charge in [0, 0.05) is 61.6 Å². The summed E-state index contributed by atoms with van der Waals surface area (Å²) in [7, 11) is 0. The minimum Gasteiger partial charge on any atom is -0.349 e. The van der Waals surface area contributed by atoms with Gasteiger partial charge in [-0.05, 0) is 57.3 Å². The first-order chi connectivity index (χ1) is 21.1. The highest BCUT2D eigenvalue weighted by molar-refractivity contribution is 5.79. The van der Waals surface area contributed by atoms with Gasteiger partial charge in [-0.15, -0.1) is 10.2 Å². The summed E-state index contributed by atoms with van der Waals surface area (Å²) in [5, 5.41) is 11.2. The van der Waals surface area contributed by atoms with Gasteiger partial charge in [-0.2, -0.15) is 0 Å². The molecule has 3 unspecified atom stereocenters. The van der Waals surface area contributed by atoms with E-state index in [1.54, 1.807) is 30.3 Å². The molecule has 2 saturated heterocycles. The van der Waals surface area contributed by atoms with Crippen molar-refractivity contribution in [1.82, 2.24) is 25.0 Å². The predicted octanol–water partition coefficient (Wildman–Crippen LogP) is 5.95. The van der Waals surface area contributed by atoms with Crippen molar-refractivity contribution in [3.63, 3.8) is 0 Å². The van der Waals surface area contributed by atoms with Gasteiger partial charge in [-0.3, -0.25) is 9.69 Å². The molecule has 1 aliphatic carbocycles. The summed E-state index contributed by atoms with van der Waals surface area (Å²) in [5.74, 6) is -8.78. The van der Waals surface area contributed by atoms with E-state index in [1.807, 2.05) is 6.92 Å². The van der Waals surface area contributed by atoms with Crippen molar-refractivity contribution in [3.8, 4) is 0 Å². The first-order valence-electron chi connectivity index (χ1n) is 17.6. The number of carbonyl (C=O) groups is 1. The molecule has 6 nitrogen and oxygen atoms in total. The van der Waals surface area contributed by atoms with E-state index >= 15 is 8.78 Å². The highest BCUT2D eigenvalue weighted by Crippen LogP contribution is 2.42. The zero-order valence-corrected chi connectivity index (χ0v) is 21.5. The average Bonchev–Trinajstić information content (AvgIpc) is 3.48. The van der Waals surface area contributed by atoms with Crippen LogP contribution in [0.5, 0.6) is 0 Å². The minimum absolute atomic E-state index is 0.214. The molecule has 5 rings (SSSR count). The molecule has 3 aliphatic rings. The van der Waals surface area contributed by atoms with Crippen molar-refractivity contribution < 1.29 is 25.9 Å². The molecule has 37 heavy (non-hydrogen) atoms. The number of hydrogen-bond acceptors (Lipinski definition) is 4. The molecule has 0 spiro atoms. The molecule has 202 valence electrons. The normalized spacial score (nSPS) is 36.8. The Bertz CT molecular complexity index is 1410. The number of benzene rings is 1. The number of aryl methyl sites for hydroxylation is 1. The van der Waals surface area contributed by atoms with E-state index < -0.39 is 49.3 Å². The zero-order chi connectivity index (χ0) is 34.3. The Balaban J connectivity index is 1.40. The Labute approximate surface area is 231 Å². The van der Waals surface area contributed by atoms with Crippen molar-refractivity contribution in [2.45, 2.75) is 114 Å². The third-order valence-corrected chi connectivity index (χ3v) is 7.73. The van der Waals surface area contributed by atoms with Gasteiger partial charge in [0.1, 0.15) is 11.6 Å². The van der Waals surface area contributed by atoms with Crippen LogP contribution < -0.4 is 5.32 Å². The summed E-state index contributed by atoms with van der Waals surface area (Å²) in [6, 6.07) is 8.26. The molecule has 3 atom stereocenters. The molecule has 2 aromatic rings. The Kier molecular flexibility index (Phi) is 5.04. The lowest BCUT2D eigenvalue weighted by atomic mass is 9.86. The van der Waals surface area contributed by atoms with Gasteiger partial charge in [0.2, 0.25) is 11.8 Å². The van der Waals surface area contributed by atoms with Gasteiger partial charge in [-0.25, -0.2) is 8.78 Å². The molecule has 1 N–H and O–H groups in total. The van der Waals surface area contributed by atoms with E-state index in [-0.39, 0.29) is 30.5 Å². The van der Waals surface area contributed by atoms with E-state index in [4.69, 9.17) is 12.3 Å². The van der Waals surface area contributed by atoms with Crippen molar-refractivity contribution in [2.75, 3.05) is 6.54 Å². The zero-order valence-electron chi connectivity index (χ0n) is 30.5. The second-order valence-electron chi connectivity index (χ2n) is 10.6. The second kappa shape index (κ2) is 10.8. The molecule has 8 heteroatoms. The lowest BCUT2D eigenvalue weighted by Crippen LogP contribution is -2.45. The summed E-state index contributed by atoms with van der Waals surface area (Å²) in [4.78, 5) is 16.2. The van der Waals surface area contributed by atoms with Crippen LogP contribution in [-0.4, -0.2) is 50.1 Å². The number of nitrogens with one attached hydrogen (secondary N) is 1. The SMILES string of the molecule is [2H]C1([2H])C([2H])([2H])C([2H])(C(=O)NC(CCN2C3CCC2CC(n2c(C)nnc2C(C)C)C3)c2ccccc2)C([2H])([2H])C([2H])([2H])C1(F)F. The van der Waals surface area contributed by atoms with Crippen LogP contribution in [0.25, 0.3) is 0 Å². The van der Waals surface area contributed by atoms with Crippen LogP contribution in [0, 0.1) is 12.8 Å². The summed E-state index contributed by atoms with van der Waals surface area (Å²) in [6.07, 6.45) is -13.1. The lowest BCUT2D eigenvalue weighted by Gasteiger charge is -2.40. The molecule has 3 heterocycles. The summed E-state index contributed by atoms with van der Waals surface area (Å²) in [5.41, 5.74) is 0.539. The Morgan fingerprint density at radius 2 is 1.78 bits per heavy atom. The van der Waals surface area contributed by atoms with Gasteiger partial charge >= 0.3 is 0 Å². The summed E-state index contributed by atoms with van der Waals surface area (Å²) < 4.78 is 105. The number of piperidine rings is 1. The van der Waals surface area contributed by atoms with Gasteiger partial charge in [0.15, 0.2) is 0 Å². The molecule has 1 aromatic carbocycles. The molecular weight excluding hydrogens is 472 g/mol. The second-order valence-corrected chi connectivity index (χ2v) is 10.6. The molecule has 2 aliphatic heterocycles. The Hall–Kier alpha value is -2.35. The van der Waals surface area contributed by atoms with E-state index in [0.717, 1.165) is 37.3 Å². The highest BCUT2D eigenvalue weighted by atomic mass is 19.3. The third-order valence-electron chi connectivity index (χ3n) is 7.73. The van der Waals surface area contributed by atoms with Crippen LogP contribution in [0.15, 0.2) is 30.3 Å². The van der Waals surface area contributed by atoms with Gasteiger partial charge < -0.3 is 9.88 Å². The Morgan fingerprint density at radius 1 is 1.14 bits per heavy atom. The number of carbonyl (C=O) groups excluding carboxylic acids is 1. The number of hydrogen-bond donors (Lipinski definition) is 1. The number of halogens is 2. The van der Waals surface area contributed by atoms with Crippen LogP contribution in [-0.2, 0) is 4.79 Å². The smallest absolute Gasteiger partial charge is 0.248 e. The van der Waals surface area contributed by atoms with Gasteiger partial charge in [0.25, 0.3) is 0 Å². The van der Waals surface area contributed by atoms with Crippen LogP contribution in [0.2, 0.25) is 0 Å². The number of fused-ring (bicyclic) bond motifs is 2. The lowest BCUT2D eigenvalue weighted by molar-refractivity contribution is -0.130. The Morgan fingerprint density at radius 3 is 2.41 bits per heavy atom. The van der Waals surface area contributed by atoms with Crippen molar-refractivity contribution >= 4 is 5.91 Å². The first-order valence-corrected chi connectivity index (χ1v) is 13.1. The fourth-order valence-corrected chi connectivity index (χ4v) is 6.03. The largest absolute Gasteiger partial charge is 0.349 e. The highest BCUT2D eigenvalue weighted by Gasteiger charge is 2.42. The molecule has 1 amide bonds. The van der Waals surface area contributed by atoms with Gasteiger partial charge in [-0.1, -0.05) is 44.2 Å². The quantitative estimate of drug-likeness (QED) is 0.465. The molecule has 0 radical (unpaired) electrons. The van der Waals surface area contributed by atoms with E-state index in [9.17, 15) is 4.79 Å². The summed E-state index contributed by atoms with van der Waals surface area (Å²) >= 11 is 0. The number of aromatic nitrogens is 3. The molecule has 2 bridgehead atoms. The van der Waals surface area contributed by atoms with Crippen LogP contribution in [0.1, 0.15) is 119 Å². The van der Waals surface area contributed by atoms with Crippen molar-refractivity contribution in [2.24, 2.45) is 5.89 Å². The summed E-state index contributed by atoms with van der Waals surface area (Å²) in [6.45, 7) is 6.60. The maximum atomic E-state index is 15.0. The number of amides is 1. The molecule has 1 aromatic heterocycles. The maximum absolute atomic E-state index is 15.0. The van der Waals surface area contributed by atoms with E-state index in [0.29, 0.717) is 12.1 Å². The van der Waals surface area contributed by atoms with E-state index in [1.165, 1.54) is 0 Å². The minimum atomic E-state index is -5.19. The topological polar surface area (TPSA) is 63.1 Å². The maximum Gasteiger partial charge on any atom is 0.248 e. The van der Waals surface area contributed by atoms with Crippen LogP contribution in [0.3, 0.4) is 0 Å². The fraction of sp³-hybridized carbons (Fsp3) is 0.690. The van der Waals surface area contributed by atoms with Gasteiger partial charge in [0.05, 0.1) is 6.04 Å². The predicted molar refractivity (Wildman–Crippen MR) is 139 cm³/mol. The first kappa shape index (κ1) is 17.3. The number of nitrogens with zero attached hydrogens (tertiary/aromatic N) is 4. The third kappa shape index (κ3) is 5.74. The van der Waals surface area contributed by atoms with Crippen LogP contribution >= 0.6 is 0 Å². The van der Waals surface area contributed by atoms with E-state index in [2.05, 4.69) is 38.8 Å². The number of rotatable bonds is 8. The molecule has 3 fully saturated rings. The number of alkyl halides is 2. The molecule has 1 saturated carbocycles.